The van der Waals surface area contributed by atoms with Gasteiger partial charge in [-0.2, -0.15) is 0 Å². The van der Waals surface area contributed by atoms with Crippen molar-refractivity contribution in [2.24, 2.45) is 0 Å². The molecule has 30 heavy (non-hydrogen) atoms. The molecule has 0 spiro atoms. The number of ether oxygens (including phenoxy) is 3. The summed E-state index contributed by atoms with van der Waals surface area (Å²) in [6, 6.07) is 9.49. The Morgan fingerprint density at radius 3 is 2.70 bits per heavy atom. The van der Waals surface area contributed by atoms with Gasteiger partial charge in [0.2, 0.25) is 6.79 Å². The van der Waals surface area contributed by atoms with Crippen molar-refractivity contribution >= 4 is 46.3 Å². The first-order valence-corrected chi connectivity index (χ1v) is 9.84. The second-order valence-corrected chi connectivity index (χ2v) is 7.53. The average molecular weight is 449 g/mol. The number of hydrogen-bond acceptors (Lipinski definition) is 8. The largest absolute Gasteiger partial charge is 0.490 e. The molecule has 0 atom stereocenters. The third-order valence-corrected chi connectivity index (χ3v) is 5.51. The van der Waals surface area contributed by atoms with Gasteiger partial charge < -0.3 is 14.2 Å². The molecule has 0 N–H and O–H groups in total. The van der Waals surface area contributed by atoms with E-state index in [1.54, 1.807) is 24.3 Å². The lowest BCUT2D eigenvalue weighted by atomic mass is 10.1. The van der Waals surface area contributed by atoms with Gasteiger partial charge in [0, 0.05) is 0 Å². The quantitative estimate of drug-likeness (QED) is 0.369. The molecule has 2 amide bonds. The van der Waals surface area contributed by atoms with Crippen molar-refractivity contribution in [3.05, 3.63) is 62.0 Å². The minimum Gasteiger partial charge on any atom is -0.490 e. The number of nitro groups is 1. The van der Waals surface area contributed by atoms with Crippen molar-refractivity contribution in [2.45, 2.75) is 0 Å². The summed E-state index contributed by atoms with van der Waals surface area (Å²) in [6.45, 7) is 0.0214. The summed E-state index contributed by atoms with van der Waals surface area (Å²) in [5.74, 6) is 0.472. The Morgan fingerprint density at radius 2 is 1.97 bits per heavy atom. The molecule has 0 saturated carbocycles. The number of thioether (sulfide) groups is 1. The summed E-state index contributed by atoms with van der Waals surface area (Å²) in [7, 11) is 0. The van der Waals surface area contributed by atoms with E-state index in [1.165, 1.54) is 18.2 Å². The number of rotatable bonds is 6. The lowest BCUT2D eigenvalue weighted by Crippen LogP contribution is -2.32. The first-order valence-electron chi connectivity index (χ1n) is 8.65. The average Bonchev–Trinajstić information content (AvgIpc) is 3.27. The van der Waals surface area contributed by atoms with E-state index in [4.69, 9.17) is 25.8 Å². The number of carbonyl (C=O) groups is 2. The third kappa shape index (κ3) is 3.91. The van der Waals surface area contributed by atoms with Crippen molar-refractivity contribution in [1.29, 1.82) is 0 Å². The number of para-hydroxylation sites is 1. The molecule has 2 aromatic rings. The van der Waals surface area contributed by atoms with Crippen LogP contribution in [-0.2, 0) is 4.79 Å². The summed E-state index contributed by atoms with van der Waals surface area (Å²) in [6.07, 6.45) is 1.31. The van der Waals surface area contributed by atoms with E-state index in [0.29, 0.717) is 28.3 Å². The van der Waals surface area contributed by atoms with E-state index in [-0.39, 0.29) is 41.9 Å². The normalized spacial score (nSPS) is 16.4. The lowest BCUT2D eigenvalue weighted by molar-refractivity contribution is -0.385. The van der Waals surface area contributed by atoms with Crippen molar-refractivity contribution in [2.75, 3.05) is 19.9 Å². The summed E-state index contributed by atoms with van der Waals surface area (Å²) in [5, 5.41) is 11.3. The van der Waals surface area contributed by atoms with E-state index in [9.17, 15) is 19.7 Å². The molecule has 4 rings (SSSR count). The van der Waals surface area contributed by atoms with Gasteiger partial charge >= 0.3 is 0 Å². The summed E-state index contributed by atoms with van der Waals surface area (Å²) >= 11 is 6.71. The minimum absolute atomic E-state index is 0.0104. The predicted molar refractivity (Wildman–Crippen MR) is 109 cm³/mol. The Morgan fingerprint density at radius 1 is 1.23 bits per heavy atom. The van der Waals surface area contributed by atoms with E-state index in [1.807, 2.05) is 0 Å². The molecule has 1 fully saturated rings. The van der Waals surface area contributed by atoms with Crippen LogP contribution in [0.4, 0.5) is 10.5 Å². The topological polar surface area (TPSA) is 108 Å². The zero-order chi connectivity index (χ0) is 21.3. The van der Waals surface area contributed by atoms with Crippen LogP contribution in [0.5, 0.6) is 17.2 Å². The van der Waals surface area contributed by atoms with Gasteiger partial charge in [-0.25, -0.2) is 0 Å². The molecule has 1 saturated heterocycles. The molecule has 0 aromatic heterocycles. The van der Waals surface area contributed by atoms with E-state index < -0.39 is 16.1 Å². The van der Waals surface area contributed by atoms with Crippen molar-refractivity contribution in [1.82, 2.24) is 4.90 Å². The van der Waals surface area contributed by atoms with Crippen molar-refractivity contribution in [3.63, 3.8) is 0 Å². The predicted octanol–water partition coefficient (Wildman–Crippen LogP) is 4.09. The minimum atomic E-state index is -0.588. The fourth-order valence-electron chi connectivity index (χ4n) is 2.86. The number of hydrogen-bond donors (Lipinski definition) is 0. The van der Waals surface area contributed by atoms with Crippen LogP contribution < -0.4 is 14.2 Å². The molecule has 2 heterocycles. The Balaban J connectivity index is 1.51. The van der Waals surface area contributed by atoms with Gasteiger partial charge in [-0.3, -0.25) is 24.6 Å². The van der Waals surface area contributed by atoms with Gasteiger partial charge in [0.1, 0.15) is 12.4 Å². The molecular formula is C19H13ClN2O7S. The first-order chi connectivity index (χ1) is 14.4. The van der Waals surface area contributed by atoms with Crippen molar-refractivity contribution in [3.8, 4) is 17.2 Å². The number of nitrogens with zero attached hydrogens (tertiary/aromatic N) is 2. The highest BCUT2D eigenvalue weighted by Crippen LogP contribution is 2.40. The number of carbonyl (C=O) groups excluding carboxylic acids is 2. The molecule has 154 valence electrons. The molecule has 2 aliphatic heterocycles. The molecule has 2 aromatic carbocycles. The number of benzene rings is 2. The maximum Gasteiger partial charge on any atom is 0.293 e. The summed E-state index contributed by atoms with van der Waals surface area (Å²) in [5.41, 5.74) is -0.116. The van der Waals surface area contributed by atoms with Gasteiger partial charge in [0.05, 0.1) is 33.0 Å². The number of fused-ring (bicyclic) bond motifs is 1. The van der Waals surface area contributed by atoms with Gasteiger partial charge in [-0.15, -0.1) is 0 Å². The van der Waals surface area contributed by atoms with Crippen LogP contribution in [0.1, 0.15) is 5.56 Å². The SMILES string of the molecule is O=C1S/C(=C\c2cc3c(cc2[N+](=O)[O-])OCO3)C(=O)N1CCOc1ccccc1Cl. The third-order valence-electron chi connectivity index (χ3n) is 4.29. The van der Waals surface area contributed by atoms with Crippen LogP contribution >= 0.6 is 23.4 Å². The Labute approximate surface area is 179 Å². The number of imide groups is 1. The van der Waals surface area contributed by atoms with Gasteiger partial charge in [0.15, 0.2) is 11.5 Å². The zero-order valence-electron chi connectivity index (χ0n) is 15.2. The zero-order valence-corrected chi connectivity index (χ0v) is 16.8. The van der Waals surface area contributed by atoms with Crippen LogP contribution in [0.3, 0.4) is 0 Å². The maximum atomic E-state index is 12.7. The molecule has 0 unspecified atom stereocenters. The second kappa shape index (κ2) is 8.25. The highest BCUT2D eigenvalue weighted by molar-refractivity contribution is 8.18. The summed E-state index contributed by atoms with van der Waals surface area (Å²) in [4.78, 5) is 36.8. The highest BCUT2D eigenvalue weighted by Gasteiger charge is 2.35. The Hall–Kier alpha value is -3.24. The maximum absolute atomic E-state index is 12.7. The van der Waals surface area contributed by atoms with Crippen LogP contribution in [0, 0.1) is 10.1 Å². The van der Waals surface area contributed by atoms with E-state index >= 15 is 0 Å². The second-order valence-electron chi connectivity index (χ2n) is 6.13. The van der Waals surface area contributed by atoms with Gasteiger partial charge in [-0.05, 0) is 36.0 Å². The van der Waals surface area contributed by atoms with Crippen LogP contribution in [0.25, 0.3) is 6.08 Å². The lowest BCUT2D eigenvalue weighted by Gasteiger charge is -2.13. The molecule has 0 aliphatic carbocycles. The Kier molecular flexibility index (Phi) is 5.51. The number of amides is 2. The monoisotopic (exact) mass is 448 g/mol. The first kappa shape index (κ1) is 20.0. The van der Waals surface area contributed by atoms with E-state index in [0.717, 1.165) is 4.90 Å². The highest BCUT2D eigenvalue weighted by atomic mass is 35.5. The van der Waals surface area contributed by atoms with Crippen LogP contribution in [0.15, 0.2) is 41.3 Å². The molecule has 9 nitrogen and oxygen atoms in total. The fraction of sp³-hybridized carbons (Fsp3) is 0.158. The number of halogens is 1. The molecule has 11 heteroatoms. The van der Waals surface area contributed by atoms with Gasteiger partial charge in [-0.1, -0.05) is 23.7 Å². The van der Waals surface area contributed by atoms with Crippen LogP contribution in [-0.4, -0.2) is 40.9 Å². The van der Waals surface area contributed by atoms with E-state index in [2.05, 4.69) is 0 Å². The standard InChI is InChI=1S/C19H13ClN2O7S/c20-12-3-1-2-4-14(12)27-6-5-21-18(23)17(30-19(21)24)8-11-7-15-16(29-10-28-15)9-13(11)22(25)26/h1-4,7-9H,5-6,10H2/b17-8-. The molecule has 0 bridgehead atoms. The number of nitro benzene ring substituents is 1. The molecule has 2 aliphatic rings. The van der Waals surface area contributed by atoms with Crippen molar-refractivity contribution < 1.29 is 28.7 Å². The van der Waals surface area contributed by atoms with Gasteiger partial charge in [0.25, 0.3) is 16.8 Å². The summed E-state index contributed by atoms with van der Waals surface area (Å²) < 4.78 is 15.9. The fourth-order valence-corrected chi connectivity index (χ4v) is 3.91. The molecule has 0 radical (unpaired) electrons. The van der Waals surface area contributed by atoms with Crippen LogP contribution in [0.2, 0.25) is 5.02 Å². The Bertz CT molecular complexity index is 1090. The molecular weight excluding hydrogens is 436 g/mol. The smallest absolute Gasteiger partial charge is 0.293 e.